The minimum Gasteiger partial charge on any atom is -0.368 e. The van der Waals surface area contributed by atoms with E-state index in [1.54, 1.807) is 0 Å². The van der Waals surface area contributed by atoms with Gasteiger partial charge in [-0.25, -0.2) is 4.98 Å². The van der Waals surface area contributed by atoms with E-state index in [0.29, 0.717) is 16.2 Å². The average molecular weight is 293 g/mol. The summed E-state index contributed by atoms with van der Waals surface area (Å²) in [6.45, 7) is 0. The molecular formula is C11H9ClN6S. The number of hydrogen-bond donors (Lipinski definition) is 2. The van der Waals surface area contributed by atoms with E-state index in [1.165, 1.54) is 11.8 Å². The number of nitrogens with one attached hydrogen (secondary N) is 1. The lowest BCUT2D eigenvalue weighted by molar-refractivity contribution is 0.952. The molecule has 0 aliphatic carbocycles. The van der Waals surface area contributed by atoms with Crippen LogP contribution < -0.4 is 5.73 Å². The molecule has 19 heavy (non-hydrogen) atoms. The third kappa shape index (κ3) is 2.61. The molecule has 1 aromatic carbocycles. The van der Waals surface area contributed by atoms with E-state index < -0.39 is 0 Å². The van der Waals surface area contributed by atoms with Crippen molar-refractivity contribution in [3.8, 4) is 0 Å². The topological polar surface area (TPSA) is 93.4 Å². The summed E-state index contributed by atoms with van der Waals surface area (Å²) in [6, 6.07) is 7.66. The summed E-state index contributed by atoms with van der Waals surface area (Å²) in [5, 5.41) is 11.9. The van der Waals surface area contributed by atoms with E-state index in [9.17, 15) is 0 Å². The summed E-state index contributed by atoms with van der Waals surface area (Å²) in [5.41, 5.74) is 7.89. The Morgan fingerprint density at radius 3 is 2.74 bits per heavy atom. The Morgan fingerprint density at radius 1 is 1.16 bits per heavy atom. The molecule has 2 aromatic heterocycles. The first-order valence-electron chi connectivity index (χ1n) is 5.43. The van der Waals surface area contributed by atoms with Crippen LogP contribution in [-0.2, 0) is 5.75 Å². The largest absolute Gasteiger partial charge is 0.368 e. The number of H-pyrrole nitrogens is 1. The fourth-order valence-corrected chi connectivity index (χ4v) is 2.62. The monoisotopic (exact) mass is 292 g/mol. The van der Waals surface area contributed by atoms with Crippen molar-refractivity contribution in [1.29, 1.82) is 0 Å². The van der Waals surface area contributed by atoms with Crippen molar-refractivity contribution in [3.05, 3.63) is 34.9 Å². The number of benzene rings is 1. The molecule has 6 nitrogen and oxygen atoms in total. The zero-order valence-electron chi connectivity index (χ0n) is 9.67. The Balaban J connectivity index is 1.85. The van der Waals surface area contributed by atoms with E-state index in [0.717, 1.165) is 16.3 Å². The first-order chi connectivity index (χ1) is 9.22. The Morgan fingerprint density at radius 2 is 1.95 bits per heavy atom. The van der Waals surface area contributed by atoms with Crippen LogP contribution in [0.3, 0.4) is 0 Å². The number of fused-ring (bicyclic) bond motifs is 1. The zero-order chi connectivity index (χ0) is 13.2. The smallest absolute Gasteiger partial charge is 0.223 e. The highest BCUT2D eigenvalue weighted by Gasteiger charge is 2.10. The number of nitrogens with zero attached hydrogens (tertiary/aromatic N) is 4. The van der Waals surface area contributed by atoms with Crippen LogP contribution in [0.1, 0.15) is 5.56 Å². The van der Waals surface area contributed by atoms with Crippen molar-refractivity contribution in [3.63, 3.8) is 0 Å². The van der Waals surface area contributed by atoms with Gasteiger partial charge in [0.05, 0.1) is 0 Å². The molecule has 0 amide bonds. The first kappa shape index (κ1) is 12.2. The number of rotatable bonds is 3. The van der Waals surface area contributed by atoms with Crippen molar-refractivity contribution >= 4 is 40.5 Å². The van der Waals surface area contributed by atoms with E-state index in [1.807, 2.05) is 24.3 Å². The lowest BCUT2D eigenvalue weighted by atomic mass is 10.2. The molecule has 96 valence electrons. The van der Waals surface area contributed by atoms with Crippen LogP contribution >= 0.6 is 23.4 Å². The maximum absolute atomic E-state index is 5.85. The van der Waals surface area contributed by atoms with Crippen LogP contribution in [0.15, 0.2) is 29.3 Å². The second-order valence-corrected chi connectivity index (χ2v) is 5.20. The standard InChI is InChI=1S/C11H9ClN6S/c12-7-3-1-6(2-4-7)5-19-10-8-9(17-18-16-8)14-11(13)15-10/h1-4H,5H2,(H3,13,14,15,16,17,18). The second-order valence-electron chi connectivity index (χ2n) is 3.80. The van der Waals surface area contributed by atoms with E-state index >= 15 is 0 Å². The summed E-state index contributed by atoms with van der Waals surface area (Å²) in [4.78, 5) is 8.18. The minimum atomic E-state index is 0.194. The SMILES string of the molecule is Nc1nc(SCc2ccc(Cl)cc2)c2n[nH]nc2n1. The number of aromatic nitrogens is 5. The van der Waals surface area contributed by atoms with E-state index in [2.05, 4.69) is 25.4 Å². The molecule has 3 aromatic rings. The van der Waals surface area contributed by atoms with Crippen molar-refractivity contribution in [1.82, 2.24) is 25.4 Å². The normalized spacial score (nSPS) is 11.0. The van der Waals surface area contributed by atoms with Gasteiger partial charge in [0.1, 0.15) is 5.03 Å². The van der Waals surface area contributed by atoms with Crippen LogP contribution in [0.5, 0.6) is 0 Å². The number of halogens is 1. The molecule has 0 bridgehead atoms. The van der Waals surface area contributed by atoms with Crippen molar-refractivity contribution in [2.75, 3.05) is 5.73 Å². The number of hydrogen-bond acceptors (Lipinski definition) is 6. The quantitative estimate of drug-likeness (QED) is 0.568. The summed E-state index contributed by atoms with van der Waals surface area (Å²) >= 11 is 7.38. The van der Waals surface area contributed by atoms with Crippen LogP contribution in [0.25, 0.3) is 11.2 Å². The van der Waals surface area contributed by atoms with Gasteiger partial charge in [-0.15, -0.1) is 5.10 Å². The third-order valence-electron chi connectivity index (χ3n) is 2.46. The molecule has 2 heterocycles. The average Bonchev–Trinajstić information content (AvgIpc) is 2.85. The molecule has 0 fully saturated rings. The van der Waals surface area contributed by atoms with Gasteiger partial charge in [0.15, 0.2) is 5.52 Å². The van der Waals surface area contributed by atoms with Gasteiger partial charge in [-0.3, -0.25) is 0 Å². The second kappa shape index (κ2) is 5.02. The van der Waals surface area contributed by atoms with Crippen LogP contribution in [-0.4, -0.2) is 25.4 Å². The summed E-state index contributed by atoms with van der Waals surface area (Å²) in [7, 11) is 0. The van der Waals surface area contributed by atoms with Gasteiger partial charge in [-0.1, -0.05) is 35.5 Å². The summed E-state index contributed by atoms with van der Waals surface area (Å²) in [6.07, 6.45) is 0. The van der Waals surface area contributed by atoms with Gasteiger partial charge in [-0.2, -0.15) is 15.3 Å². The molecule has 0 aliphatic heterocycles. The molecule has 0 aliphatic rings. The lowest BCUT2D eigenvalue weighted by Gasteiger charge is -2.02. The summed E-state index contributed by atoms with van der Waals surface area (Å²) in [5.74, 6) is 0.940. The molecule has 0 unspecified atom stereocenters. The number of nitrogen functional groups attached to an aromatic ring is 1. The van der Waals surface area contributed by atoms with Gasteiger partial charge in [-0.05, 0) is 17.7 Å². The highest BCUT2D eigenvalue weighted by Crippen LogP contribution is 2.26. The molecule has 0 saturated heterocycles. The van der Waals surface area contributed by atoms with Gasteiger partial charge < -0.3 is 5.73 Å². The minimum absolute atomic E-state index is 0.194. The fraction of sp³-hybridized carbons (Fsp3) is 0.0909. The predicted octanol–water partition coefficient (Wildman–Crippen LogP) is 2.28. The molecule has 0 radical (unpaired) electrons. The molecule has 8 heteroatoms. The molecular weight excluding hydrogens is 284 g/mol. The van der Waals surface area contributed by atoms with Gasteiger partial charge in [0.25, 0.3) is 0 Å². The maximum Gasteiger partial charge on any atom is 0.223 e. The molecule has 3 N–H and O–H groups in total. The first-order valence-corrected chi connectivity index (χ1v) is 6.80. The van der Waals surface area contributed by atoms with Crippen LogP contribution in [0, 0.1) is 0 Å². The predicted molar refractivity (Wildman–Crippen MR) is 74.9 cm³/mol. The molecule has 0 spiro atoms. The zero-order valence-corrected chi connectivity index (χ0v) is 11.2. The Hall–Kier alpha value is -1.86. The van der Waals surface area contributed by atoms with Crippen molar-refractivity contribution in [2.45, 2.75) is 10.8 Å². The van der Waals surface area contributed by atoms with Crippen LogP contribution in [0.4, 0.5) is 5.95 Å². The molecule has 0 saturated carbocycles. The fourth-order valence-electron chi connectivity index (χ4n) is 1.57. The number of aromatic amines is 1. The van der Waals surface area contributed by atoms with Crippen molar-refractivity contribution < 1.29 is 0 Å². The molecule has 3 rings (SSSR count). The maximum atomic E-state index is 5.85. The lowest BCUT2D eigenvalue weighted by Crippen LogP contribution is -1.97. The van der Waals surface area contributed by atoms with Gasteiger partial charge >= 0.3 is 0 Å². The number of nitrogens with two attached hydrogens (primary N) is 1. The van der Waals surface area contributed by atoms with Crippen LogP contribution in [0.2, 0.25) is 5.02 Å². The van der Waals surface area contributed by atoms with E-state index in [4.69, 9.17) is 17.3 Å². The highest BCUT2D eigenvalue weighted by molar-refractivity contribution is 7.98. The number of anilines is 1. The Labute approximate surface area is 117 Å². The third-order valence-corrected chi connectivity index (χ3v) is 3.75. The summed E-state index contributed by atoms with van der Waals surface area (Å²) < 4.78 is 0. The van der Waals surface area contributed by atoms with Gasteiger partial charge in [0, 0.05) is 10.8 Å². The van der Waals surface area contributed by atoms with Gasteiger partial charge in [0.2, 0.25) is 11.6 Å². The Bertz CT molecular complexity index is 711. The number of thioether (sulfide) groups is 1. The Kier molecular flexibility index (Phi) is 3.22. The van der Waals surface area contributed by atoms with Crippen molar-refractivity contribution in [2.24, 2.45) is 0 Å². The molecule has 0 atom stereocenters. The van der Waals surface area contributed by atoms with E-state index in [-0.39, 0.29) is 5.95 Å². The highest BCUT2D eigenvalue weighted by atomic mass is 35.5.